The molecule has 1 heterocycles. The quantitative estimate of drug-likeness (QED) is 0.932. The van der Waals surface area contributed by atoms with Crippen molar-refractivity contribution in [1.29, 1.82) is 0 Å². The van der Waals surface area contributed by atoms with Gasteiger partial charge in [-0.25, -0.2) is 0 Å². The Hall–Kier alpha value is -1.10. The van der Waals surface area contributed by atoms with Gasteiger partial charge < -0.3 is 9.84 Å². The molecule has 1 aliphatic rings. The van der Waals surface area contributed by atoms with Crippen molar-refractivity contribution < 1.29 is 9.84 Å². The number of ether oxygens (including phenoxy) is 1. The molecule has 0 unspecified atom stereocenters. The van der Waals surface area contributed by atoms with E-state index in [4.69, 9.17) is 21.4 Å². The summed E-state index contributed by atoms with van der Waals surface area (Å²) >= 11 is 7.16. The smallest absolute Gasteiger partial charge is 0.280 e. The Morgan fingerprint density at radius 2 is 2.05 bits per heavy atom. The van der Waals surface area contributed by atoms with Gasteiger partial charge in [-0.05, 0) is 48.9 Å². The van der Waals surface area contributed by atoms with E-state index in [-0.39, 0.29) is 6.61 Å². The van der Waals surface area contributed by atoms with Gasteiger partial charge in [0.05, 0.1) is 11.5 Å². The third-order valence-electron chi connectivity index (χ3n) is 3.30. The van der Waals surface area contributed by atoms with E-state index in [0.29, 0.717) is 15.2 Å². The predicted molar refractivity (Wildman–Crippen MR) is 76.2 cm³/mol. The van der Waals surface area contributed by atoms with Crippen LogP contribution in [0.3, 0.4) is 0 Å². The molecule has 0 radical (unpaired) electrons. The van der Waals surface area contributed by atoms with Gasteiger partial charge in [0.2, 0.25) is 0 Å². The van der Waals surface area contributed by atoms with E-state index in [9.17, 15) is 0 Å². The number of halogens is 1. The normalized spacial score (nSPS) is 14.2. The van der Waals surface area contributed by atoms with Gasteiger partial charge in [-0.3, -0.25) is 0 Å². The number of hydrogen-bond acceptors (Lipinski definition) is 4. The molecule has 0 saturated heterocycles. The molecule has 0 atom stereocenters. The maximum absolute atomic E-state index is 9.09. The van der Waals surface area contributed by atoms with Gasteiger partial charge in [0.1, 0.15) is 10.9 Å². The number of benzene rings is 1. The summed E-state index contributed by atoms with van der Waals surface area (Å²) < 4.78 is 5.72. The van der Waals surface area contributed by atoms with Gasteiger partial charge in [-0.2, -0.15) is 4.98 Å². The third-order valence-corrected chi connectivity index (χ3v) is 4.64. The minimum absolute atomic E-state index is 0.107. The second-order valence-electron chi connectivity index (χ2n) is 4.59. The van der Waals surface area contributed by atoms with Crippen LogP contribution in [0.5, 0.6) is 10.9 Å². The average Bonchev–Trinajstić information content (AvgIpc) is 2.78. The second kappa shape index (κ2) is 5.49. The first-order valence-electron chi connectivity index (χ1n) is 6.32. The fourth-order valence-corrected chi connectivity index (χ4v) is 3.31. The molecule has 3 rings (SSSR count). The van der Waals surface area contributed by atoms with Crippen LogP contribution in [-0.4, -0.2) is 10.1 Å². The van der Waals surface area contributed by atoms with E-state index in [1.165, 1.54) is 35.3 Å². The Bertz CT molecular complexity index is 597. The molecule has 1 aromatic heterocycles. The summed E-state index contributed by atoms with van der Waals surface area (Å²) in [5.74, 6) is 0.788. The van der Waals surface area contributed by atoms with Crippen molar-refractivity contribution in [1.82, 2.24) is 4.98 Å². The lowest BCUT2D eigenvalue weighted by atomic mass is 9.92. The highest BCUT2D eigenvalue weighted by Gasteiger charge is 2.13. The lowest BCUT2D eigenvalue weighted by molar-refractivity contribution is 0.285. The largest absolute Gasteiger partial charge is 0.431 e. The monoisotopic (exact) mass is 295 g/mol. The number of nitrogens with zero attached hydrogens (tertiary/aromatic N) is 1. The summed E-state index contributed by atoms with van der Waals surface area (Å²) in [7, 11) is 0. The Kier molecular flexibility index (Phi) is 3.73. The molecule has 2 aromatic rings. The molecule has 1 N–H and O–H groups in total. The van der Waals surface area contributed by atoms with E-state index in [0.717, 1.165) is 18.6 Å². The number of thiazole rings is 1. The topological polar surface area (TPSA) is 42.4 Å². The third kappa shape index (κ3) is 2.76. The molecule has 0 bridgehead atoms. The van der Waals surface area contributed by atoms with E-state index >= 15 is 0 Å². The van der Waals surface area contributed by atoms with Crippen LogP contribution in [0.15, 0.2) is 18.2 Å². The first-order valence-corrected chi connectivity index (χ1v) is 7.51. The van der Waals surface area contributed by atoms with Crippen LogP contribution in [0.2, 0.25) is 5.15 Å². The van der Waals surface area contributed by atoms with Crippen LogP contribution in [0.4, 0.5) is 0 Å². The van der Waals surface area contributed by atoms with Crippen molar-refractivity contribution in [3.05, 3.63) is 39.4 Å². The number of aryl methyl sites for hydroxylation is 2. The molecular weight excluding hydrogens is 282 g/mol. The molecule has 5 heteroatoms. The van der Waals surface area contributed by atoms with E-state index in [2.05, 4.69) is 17.1 Å². The Labute approximate surface area is 120 Å². The number of aromatic nitrogens is 1. The van der Waals surface area contributed by atoms with Crippen LogP contribution < -0.4 is 4.74 Å². The first kappa shape index (κ1) is 12.9. The van der Waals surface area contributed by atoms with Crippen molar-refractivity contribution in [3.8, 4) is 10.9 Å². The molecule has 0 spiro atoms. The van der Waals surface area contributed by atoms with Crippen LogP contribution in [0.25, 0.3) is 0 Å². The molecule has 0 aliphatic heterocycles. The van der Waals surface area contributed by atoms with Crippen molar-refractivity contribution in [3.63, 3.8) is 0 Å². The van der Waals surface area contributed by atoms with Crippen LogP contribution in [0, 0.1) is 0 Å². The van der Waals surface area contributed by atoms with Crippen LogP contribution >= 0.6 is 22.9 Å². The molecule has 0 amide bonds. The lowest BCUT2D eigenvalue weighted by Gasteiger charge is -2.16. The number of aliphatic hydroxyl groups is 1. The molecular formula is C14H14ClNO2S. The van der Waals surface area contributed by atoms with Gasteiger partial charge in [0.15, 0.2) is 0 Å². The SMILES string of the molecule is OCc1sc(Oc2ccc3c(c2)CCCC3)nc1Cl. The van der Waals surface area contributed by atoms with E-state index in [1.54, 1.807) is 0 Å². The van der Waals surface area contributed by atoms with Gasteiger partial charge in [-0.15, -0.1) is 0 Å². The minimum Gasteiger partial charge on any atom is -0.431 e. The first-order chi connectivity index (χ1) is 9.26. The molecule has 1 aliphatic carbocycles. The zero-order valence-electron chi connectivity index (χ0n) is 10.4. The Morgan fingerprint density at radius 3 is 2.79 bits per heavy atom. The summed E-state index contributed by atoms with van der Waals surface area (Å²) in [5.41, 5.74) is 2.79. The maximum atomic E-state index is 9.09. The van der Waals surface area contributed by atoms with Crippen molar-refractivity contribution in [2.75, 3.05) is 0 Å². The molecule has 3 nitrogen and oxygen atoms in total. The van der Waals surface area contributed by atoms with Crippen molar-refractivity contribution >= 4 is 22.9 Å². The zero-order chi connectivity index (χ0) is 13.2. The van der Waals surface area contributed by atoms with Crippen molar-refractivity contribution in [2.45, 2.75) is 32.3 Å². The number of aliphatic hydroxyl groups excluding tert-OH is 1. The predicted octanol–water partition coefficient (Wildman–Crippen LogP) is 3.96. The highest BCUT2D eigenvalue weighted by Crippen LogP contribution is 2.33. The average molecular weight is 296 g/mol. The van der Waals surface area contributed by atoms with Crippen LogP contribution in [0.1, 0.15) is 28.8 Å². The summed E-state index contributed by atoms with van der Waals surface area (Å²) in [6, 6.07) is 6.19. The molecule has 1 aromatic carbocycles. The standard InChI is InChI=1S/C14H14ClNO2S/c15-13-12(8-17)19-14(16-13)18-11-6-5-9-3-1-2-4-10(9)7-11/h5-7,17H,1-4,8H2. The summed E-state index contributed by atoms with van der Waals surface area (Å²) in [4.78, 5) is 4.72. The number of fused-ring (bicyclic) bond motifs is 1. The highest BCUT2D eigenvalue weighted by molar-refractivity contribution is 7.13. The zero-order valence-corrected chi connectivity index (χ0v) is 11.9. The minimum atomic E-state index is -0.107. The summed E-state index contributed by atoms with van der Waals surface area (Å²) in [6.45, 7) is -0.107. The van der Waals surface area contributed by atoms with Gasteiger partial charge >= 0.3 is 0 Å². The molecule has 19 heavy (non-hydrogen) atoms. The summed E-state index contributed by atoms with van der Waals surface area (Å²) in [6.07, 6.45) is 4.80. The fraction of sp³-hybridized carbons (Fsp3) is 0.357. The molecule has 0 saturated carbocycles. The lowest BCUT2D eigenvalue weighted by Crippen LogP contribution is -2.02. The summed E-state index contributed by atoms with van der Waals surface area (Å²) in [5, 5.41) is 9.88. The highest BCUT2D eigenvalue weighted by atomic mass is 35.5. The second-order valence-corrected chi connectivity index (χ2v) is 6.00. The number of rotatable bonds is 3. The Balaban J connectivity index is 1.82. The number of hydrogen-bond donors (Lipinski definition) is 1. The Morgan fingerprint density at radius 1 is 1.26 bits per heavy atom. The van der Waals surface area contributed by atoms with E-state index in [1.807, 2.05) is 6.07 Å². The van der Waals surface area contributed by atoms with Crippen molar-refractivity contribution in [2.24, 2.45) is 0 Å². The van der Waals surface area contributed by atoms with Gasteiger partial charge in [0, 0.05) is 0 Å². The fourth-order valence-electron chi connectivity index (χ4n) is 2.33. The van der Waals surface area contributed by atoms with E-state index < -0.39 is 0 Å². The molecule has 0 fully saturated rings. The van der Waals surface area contributed by atoms with Gasteiger partial charge in [-0.1, -0.05) is 29.0 Å². The van der Waals surface area contributed by atoms with Crippen LogP contribution in [-0.2, 0) is 19.4 Å². The molecule has 100 valence electrons. The maximum Gasteiger partial charge on any atom is 0.280 e. The van der Waals surface area contributed by atoms with Gasteiger partial charge in [0.25, 0.3) is 5.19 Å².